The summed E-state index contributed by atoms with van der Waals surface area (Å²) in [7, 11) is 0. The molecule has 6 nitrogen and oxygen atoms in total. The van der Waals surface area contributed by atoms with Gasteiger partial charge in [-0.2, -0.15) is 0 Å². The summed E-state index contributed by atoms with van der Waals surface area (Å²) in [6.45, 7) is 5.68. The maximum atomic E-state index is 11.4. The highest BCUT2D eigenvalue weighted by molar-refractivity contribution is 6.34. The van der Waals surface area contributed by atoms with Crippen molar-refractivity contribution in [2.24, 2.45) is 11.8 Å². The summed E-state index contributed by atoms with van der Waals surface area (Å²) in [5.41, 5.74) is -0.0303. The number of aromatic carboxylic acids is 1. The average molecular weight is 313 g/mol. The van der Waals surface area contributed by atoms with Crippen LogP contribution >= 0.6 is 11.6 Å². The number of nitro benzene ring substituents is 1. The van der Waals surface area contributed by atoms with Crippen LogP contribution in [0, 0.1) is 22.0 Å². The van der Waals surface area contributed by atoms with E-state index in [4.69, 9.17) is 11.6 Å². The Bertz CT molecular complexity index is 589. The Kier molecular flexibility index (Phi) is 4.37. The van der Waals surface area contributed by atoms with Gasteiger partial charge in [0.1, 0.15) is 0 Å². The fraction of sp³-hybridized carbons (Fsp3) is 0.500. The van der Waals surface area contributed by atoms with Crippen molar-refractivity contribution in [1.29, 1.82) is 0 Å². The van der Waals surface area contributed by atoms with Crippen LogP contribution in [0.5, 0.6) is 0 Å². The number of hydrogen-bond acceptors (Lipinski definition) is 4. The summed E-state index contributed by atoms with van der Waals surface area (Å²) in [6, 6.07) is 2.29. The molecular weight excluding hydrogens is 296 g/mol. The van der Waals surface area contributed by atoms with Crippen LogP contribution in [0.2, 0.25) is 5.02 Å². The van der Waals surface area contributed by atoms with Gasteiger partial charge in [0.2, 0.25) is 0 Å². The minimum atomic E-state index is -1.21. The van der Waals surface area contributed by atoms with Gasteiger partial charge in [0.05, 0.1) is 21.2 Å². The predicted molar refractivity (Wildman–Crippen MR) is 80.2 cm³/mol. The van der Waals surface area contributed by atoms with Crippen molar-refractivity contribution >= 4 is 28.9 Å². The van der Waals surface area contributed by atoms with Gasteiger partial charge in [0, 0.05) is 25.2 Å². The molecule has 1 atom stereocenters. The fourth-order valence-corrected chi connectivity index (χ4v) is 3.04. The molecule has 114 valence electrons. The first-order chi connectivity index (χ1) is 9.81. The molecule has 0 aliphatic carbocycles. The van der Waals surface area contributed by atoms with Gasteiger partial charge < -0.3 is 10.0 Å². The van der Waals surface area contributed by atoms with E-state index in [1.165, 1.54) is 6.07 Å². The van der Waals surface area contributed by atoms with Gasteiger partial charge in [-0.15, -0.1) is 0 Å². The number of nitro groups is 1. The van der Waals surface area contributed by atoms with Crippen LogP contribution in [-0.4, -0.2) is 29.1 Å². The summed E-state index contributed by atoms with van der Waals surface area (Å²) in [6.07, 6.45) is 0.962. The Morgan fingerprint density at radius 2 is 2.19 bits per heavy atom. The molecular formula is C14H17ClN2O4. The molecule has 0 radical (unpaired) electrons. The van der Waals surface area contributed by atoms with Crippen molar-refractivity contribution in [3.63, 3.8) is 0 Å². The second-order valence-corrected chi connectivity index (χ2v) is 6.03. The molecule has 0 saturated carbocycles. The van der Waals surface area contributed by atoms with Crippen molar-refractivity contribution < 1.29 is 14.8 Å². The third kappa shape index (κ3) is 3.10. The van der Waals surface area contributed by atoms with E-state index in [0.29, 0.717) is 24.1 Å². The van der Waals surface area contributed by atoms with Crippen molar-refractivity contribution in [2.45, 2.75) is 20.3 Å². The molecule has 1 N–H and O–H groups in total. The van der Waals surface area contributed by atoms with E-state index in [1.807, 2.05) is 4.90 Å². The van der Waals surface area contributed by atoms with Crippen molar-refractivity contribution in [3.05, 3.63) is 32.8 Å². The number of benzene rings is 1. The highest BCUT2D eigenvalue weighted by Crippen LogP contribution is 2.38. The molecule has 1 aliphatic heterocycles. The molecule has 1 saturated heterocycles. The molecule has 7 heteroatoms. The molecule has 0 aromatic heterocycles. The number of anilines is 1. The molecule has 1 fully saturated rings. The van der Waals surface area contributed by atoms with Crippen LogP contribution in [0.4, 0.5) is 11.4 Å². The van der Waals surface area contributed by atoms with Gasteiger partial charge in [-0.05, 0) is 18.3 Å². The smallest absolute Gasteiger partial charge is 0.338 e. The molecule has 0 bridgehead atoms. The topological polar surface area (TPSA) is 83.7 Å². The van der Waals surface area contributed by atoms with Gasteiger partial charge in [0.15, 0.2) is 0 Å². The van der Waals surface area contributed by atoms with Crippen LogP contribution in [0.25, 0.3) is 0 Å². The number of carboxylic acid groups (broad SMARTS) is 1. The summed E-state index contributed by atoms with van der Waals surface area (Å²) < 4.78 is 0. The normalized spacial score (nSPS) is 18.3. The Hall–Kier alpha value is -1.82. The van der Waals surface area contributed by atoms with E-state index < -0.39 is 10.9 Å². The van der Waals surface area contributed by atoms with Gasteiger partial charge in [-0.1, -0.05) is 25.4 Å². The summed E-state index contributed by atoms with van der Waals surface area (Å²) in [4.78, 5) is 23.5. The lowest BCUT2D eigenvalue weighted by molar-refractivity contribution is -0.384. The fourth-order valence-electron chi connectivity index (χ4n) is 2.71. The molecule has 21 heavy (non-hydrogen) atoms. The van der Waals surface area contributed by atoms with Gasteiger partial charge >= 0.3 is 5.97 Å². The lowest BCUT2D eigenvalue weighted by Crippen LogP contribution is -2.24. The zero-order chi connectivity index (χ0) is 15.7. The van der Waals surface area contributed by atoms with E-state index in [1.54, 1.807) is 0 Å². The number of nitrogens with zero attached hydrogens (tertiary/aromatic N) is 2. The monoisotopic (exact) mass is 312 g/mol. The maximum Gasteiger partial charge on any atom is 0.338 e. The lowest BCUT2D eigenvalue weighted by atomic mass is 9.95. The third-order valence-corrected chi connectivity index (χ3v) is 4.26. The molecule has 2 rings (SSSR count). The molecule has 0 spiro atoms. The Balaban J connectivity index is 2.44. The SMILES string of the molecule is CC(C)C1CCN(c2c(Cl)cc([N+](=O)[O-])cc2C(=O)O)C1. The second kappa shape index (κ2) is 5.89. The van der Waals surface area contributed by atoms with Crippen molar-refractivity contribution in [3.8, 4) is 0 Å². The number of carbonyl (C=O) groups is 1. The number of hydrogen-bond donors (Lipinski definition) is 1. The zero-order valence-electron chi connectivity index (χ0n) is 11.9. The van der Waals surface area contributed by atoms with E-state index in [2.05, 4.69) is 13.8 Å². The Labute approximate surface area is 127 Å². The van der Waals surface area contributed by atoms with Crippen molar-refractivity contribution in [1.82, 2.24) is 0 Å². The molecule has 1 heterocycles. The maximum absolute atomic E-state index is 11.4. The Morgan fingerprint density at radius 1 is 1.52 bits per heavy atom. The van der Waals surface area contributed by atoms with Crippen LogP contribution in [-0.2, 0) is 0 Å². The van der Waals surface area contributed by atoms with Crippen molar-refractivity contribution in [2.75, 3.05) is 18.0 Å². The molecule has 1 aromatic carbocycles. The average Bonchev–Trinajstić information content (AvgIpc) is 2.86. The van der Waals surface area contributed by atoms with Crippen LogP contribution in [0.3, 0.4) is 0 Å². The molecule has 1 aromatic rings. The van der Waals surface area contributed by atoms with Crippen LogP contribution in [0.1, 0.15) is 30.6 Å². The minimum absolute atomic E-state index is 0.112. The largest absolute Gasteiger partial charge is 0.478 e. The number of carboxylic acids is 1. The van der Waals surface area contributed by atoms with Gasteiger partial charge in [-0.25, -0.2) is 4.79 Å². The summed E-state index contributed by atoms with van der Waals surface area (Å²) in [5.74, 6) is -0.235. The third-order valence-electron chi connectivity index (χ3n) is 3.97. The quantitative estimate of drug-likeness (QED) is 0.680. The van der Waals surface area contributed by atoms with Gasteiger partial charge in [0.25, 0.3) is 5.69 Å². The highest BCUT2D eigenvalue weighted by Gasteiger charge is 2.30. The first kappa shape index (κ1) is 15.6. The number of rotatable bonds is 4. The molecule has 0 amide bonds. The minimum Gasteiger partial charge on any atom is -0.478 e. The van der Waals surface area contributed by atoms with E-state index in [0.717, 1.165) is 19.0 Å². The van der Waals surface area contributed by atoms with E-state index in [-0.39, 0.29) is 16.3 Å². The molecule has 1 aliphatic rings. The van der Waals surface area contributed by atoms with Crippen LogP contribution in [0.15, 0.2) is 12.1 Å². The second-order valence-electron chi connectivity index (χ2n) is 5.62. The Morgan fingerprint density at radius 3 is 2.67 bits per heavy atom. The van der Waals surface area contributed by atoms with Gasteiger partial charge in [-0.3, -0.25) is 10.1 Å². The van der Waals surface area contributed by atoms with E-state index >= 15 is 0 Å². The summed E-state index contributed by atoms with van der Waals surface area (Å²) in [5, 5.41) is 20.3. The number of halogens is 1. The number of non-ortho nitro benzene ring substituents is 1. The summed E-state index contributed by atoms with van der Waals surface area (Å²) >= 11 is 6.12. The zero-order valence-corrected chi connectivity index (χ0v) is 12.6. The first-order valence-corrected chi connectivity index (χ1v) is 7.15. The first-order valence-electron chi connectivity index (χ1n) is 6.77. The lowest BCUT2D eigenvalue weighted by Gasteiger charge is -2.23. The molecule has 1 unspecified atom stereocenters. The van der Waals surface area contributed by atoms with Crippen LogP contribution < -0.4 is 4.90 Å². The van der Waals surface area contributed by atoms with E-state index in [9.17, 15) is 20.0 Å². The predicted octanol–water partition coefficient (Wildman–Crippen LogP) is 3.43. The standard InChI is InChI=1S/C14H17ClN2O4/c1-8(2)9-3-4-16(7-9)13-11(14(18)19)5-10(17(20)21)6-12(13)15/h5-6,8-9H,3-4,7H2,1-2H3,(H,18,19). The highest BCUT2D eigenvalue weighted by atomic mass is 35.5.